The van der Waals surface area contributed by atoms with E-state index in [1.807, 2.05) is 0 Å². The van der Waals surface area contributed by atoms with Crippen LogP contribution in [0.4, 0.5) is 0 Å². The minimum absolute atomic E-state index is 0.104. The van der Waals surface area contributed by atoms with Gasteiger partial charge in [0.2, 0.25) is 0 Å². The molecule has 0 aromatic rings. The maximum Gasteiger partial charge on any atom is 0.0534 e. The number of hydrogen-bond acceptors (Lipinski definition) is 3. The molecule has 1 aliphatic heterocycles. The lowest BCUT2D eigenvalue weighted by Crippen LogP contribution is -2.62. The molecule has 0 aromatic heterocycles. The van der Waals surface area contributed by atoms with Gasteiger partial charge in [-0.15, -0.1) is 0 Å². The van der Waals surface area contributed by atoms with Gasteiger partial charge in [-0.3, -0.25) is 4.90 Å². The van der Waals surface area contributed by atoms with E-state index in [2.05, 4.69) is 18.7 Å². The van der Waals surface area contributed by atoms with E-state index in [1.54, 1.807) is 0 Å². The molecule has 0 atom stereocenters. The van der Waals surface area contributed by atoms with Crippen LogP contribution in [0.2, 0.25) is 0 Å². The molecule has 0 aromatic carbocycles. The molecule has 3 heteroatoms. The number of likely N-dealkylation sites (tertiary alicyclic amines) is 1. The first kappa shape index (κ1) is 8.97. The zero-order valence-corrected chi connectivity index (χ0v) is 7.25. The van der Waals surface area contributed by atoms with Crippen LogP contribution in [-0.2, 0) is 0 Å². The second-order valence-electron chi connectivity index (χ2n) is 3.81. The van der Waals surface area contributed by atoms with Gasteiger partial charge >= 0.3 is 0 Å². The minimum Gasteiger partial charge on any atom is -0.396 e. The van der Waals surface area contributed by atoms with Gasteiger partial charge < -0.3 is 10.2 Å². The molecule has 11 heavy (non-hydrogen) atoms. The van der Waals surface area contributed by atoms with Gasteiger partial charge in [-0.2, -0.15) is 0 Å². The van der Waals surface area contributed by atoms with Gasteiger partial charge in [0.25, 0.3) is 0 Å². The van der Waals surface area contributed by atoms with Gasteiger partial charge in [-0.1, -0.05) is 0 Å². The van der Waals surface area contributed by atoms with Crippen molar-refractivity contribution in [2.75, 3.05) is 26.3 Å². The van der Waals surface area contributed by atoms with Crippen LogP contribution in [0.5, 0.6) is 0 Å². The predicted octanol–water partition coefficient (Wildman–Crippen LogP) is -0.319. The Labute approximate surface area is 67.6 Å². The second-order valence-corrected chi connectivity index (χ2v) is 3.81. The van der Waals surface area contributed by atoms with E-state index < -0.39 is 0 Å². The topological polar surface area (TPSA) is 43.7 Å². The Bertz CT molecular complexity index is 124. The van der Waals surface area contributed by atoms with Crippen molar-refractivity contribution in [2.24, 2.45) is 5.41 Å². The second kappa shape index (κ2) is 3.09. The van der Waals surface area contributed by atoms with Crippen LogP contribution in [0.15, 0.2) is 0 Å². The van der Waals surface area contributed by atoms with E-state index in [-0.39, 0.29) is 18.6 Å². The lowest BCUT2D eigenvalue weighted by atomic mass is 9.80. The van der Waals surface area contributed by atoms with Gasteiger partial charge in [0.1, 0.15) is 0 Å². The lowest BCUT2D eigenvalue weighted by molar-refractivity contribution is -0.0876. The van der Waals surface area contributed by atoms with E-state index in [9.17, 15) is 0 Å². The Morgan fingerprint density at radius 2 is 1.73 bits per heavy atom. The van der Waals surface area contributed by atoms with E-state index in [0.717, 1.165) is 13.1 Å². The Balaban J connectivity index is 2.35. The predicted molar refractivity (Wildman–Crippen MR) is 43.3 cm³/mol. The molecule has 66 valence electrons. The SMILES string of the molecule is CC(C)N1CC(CO)(CO)C1. The molecule has 1 rings (SSSR count). The van der Waals surface area contributed by atoms with E-state index in [1.165, 1.54) is 0 Å². The maximum absolute atomic E-state index is 8.95. The fourth-order valence-corrected chi connectivity index (χ4v) is 1.43. The molecule has 1 saturated heterocycles. The summed E-state index contributed by atoms with van der Waals surface area (Å²) in [4.78, 5) is 2.24. The van der Waals surface area contributed by atoms with Crippen molar-refractivity contribution >= 4 is 0 Å². The largest absolute Gasteiger partial charge is 0.396 e. The maximum atomic E-state index is 8.95. The Morgan fingerprint density at radius 3 is 2.00 bits per heavy atom. The lowest BCUT2D eigenvalue weighted by Gasteiger charge is -2.50. The normalized spacial score (nSPS) is 23.7. The summed E-state index contributed by atoms with van der Waals surface area (Å²) in [5.41, 5.74) is -0.204. The third kappa shape index (κ3) is 1.55. The van der Waals surface area contributed by atoms with Gasteiger partial charge in [0.05, 0.1) is 13.2 Å². The molecule has 0 amide bonds. The summed E-state index contributed by atoms with van der Waals surface area (Å²) < 4.78 is 0. The van der Waals surface area contributed by atoms with Crippen LogP contribution >= 0.6 is 0 Å². The van der Waals surface area contributed by atoms with Gasteiger partial charge in [-0.25, -0.2) is 0 Å². The molecule has 0 spiro atoms. The monoisotopic (exact) mass is 159 g/mol. The fourth-order valence-electron chi connectivity index (χ4n) is 1.43. The molecule has 1 aliphatic rings. The summed E-state index contributed by atoms with van der Waals surface area (Å²) in [6.45, 7) is 6.12. The summed E-state index contributed by atoms with van der Waals surface area (Å²) in [7, 11) is 0. The molecular formula is C8H17NO2. The highest BCUT2D eigenvalue weighted by Gasteiger charge is 2.42. The molecular weight excluding hydrogens is 142 g/mol. The quantitative estimate of drug-likeness (QED) is 0.593. The first-order chi connectivity index (χ1) is 5.13. The number of rotatable bonds is 3. The Kier molecular flexibility index (Phi) is 2.52. The van der Waals surface area contributed by atoms with Crippen molar-refractivity contribution in [1.82, 2.24) is 4.90 Å². The van der Waals surface area contributed by atoms with Crippen molar-refractivity contribution in [3.05, 3.63) is 0 Å². The van der Waals surface area contributed by atoms with Crippen LogP contribution in [0.3, 0.4) is 0 Å². The number of aliphatic hydroxyl groups excluding tert-OH is 2. The van der Waals surface area contributed by atoms with Crippen LogP contribution in [0.1, 0.15) is 13.8 Å². The minimum atomic E-state index is -0.204. The van der Waals surface area contributed by atoms with Gasteiger partial charge in [-0.05, 0) is 13.8 Å². The molecule has 2 N–H and O–H groups in total. The zero-order chi connectivity index (χ0) is 8.48. The van der Waals surface area contributed by atoms with Crippen molar-refractivity contribution < 1.29 is 10.2 Å². The van der Waals surface area contributed by atoms with Gasteiger partial charge in [0.15, 0.2) is 0 Å². The molecule has 0 radical (unpaired) electrons. The summed E-state index contributed by atoms with van der Waals surface area (Å²) >= 11 is 0. The van der Waals surface area contributed by atoms with E-state index in [0.29, 0.717) is 6.04 Å². The van der Waals surface area contributed by atoms with E-state index >= 15 is 0 Å². The molecule has 0 aliphatic carbocycles. The van der Waals surface area contributed by atoms with Crippen LogP contribution in [0.25, 0.3) is 0 Å². The van der Waals surface area contributed by atoms with Crippen molar-refractivity contribution in [3.63, 3.8) is 0 Å². The highest BCUT2D eigenvalue weighted by molar-refractivity contribution is 4.95. The molecule has 1 heterocycles. The standard InChI is InChI=1S/C8H17NO2/c1-7(2)9-3-8(4-9,5-10)6-11/h7,10-11H,3-6H2,1-2H3. The third-order valence-electron chi connectivity index (χ3n) is 2.48. The summed E-state index contributed by atoms with van der Waals surface area (Å²) in [6, 6.07) is 0.529. The fraction of sp³-hybridized carbons (Fsp3) is 1.00. The third-order valence-corrected chi connectivity index (χ3v) is 2.48. The smallest absolute Gasteiger partial charge is 0.0534 e. The highest BCUT2D eigenvalue weighted by Crippen LogP contribution is 2.30. The van der Waals surface area contributed by atoms with Crippen molar-refractivity contribution in [2.45, 2.75) is 19.9 Å². The molecule has 0 unspecified atom stereocenters. The Hall–Kier alpha value is -0.120. The van der Waals surface area contributed by atoms with Crippen LogP contribution < -0.4 is 0 Å². The number of aliphatic hydroxyl groups is 2. The molecule has 1 fully saturated rings. The average molecular weight is 159 g/mol. The van der Waals surface area contributed by atoms with Crippen LogP contribution in [0, 0.1) is 5.41 Å². The summed E-state index contributed by atoms with van der Waals surface area (Å²) in [5.74, 6) is 0. The molecule has 0 bridgehead atoms. The first-order valence-electron chi connectivity index (χ1n) is 4.09. The van der Waals surface area contributed by atoms with Gasteiger partial charge in [0, 0.05) is 24.5 Å². The molecule has 3 nitrogen and oxygen atoms in total. The average Bonchev–Trinajstić information content (AvgIpc) is 1.87. The van der Waals surface area contributed by atoms with Crippen molar-refractivity contribution in [3.8, 4) is 0 Å². The summed E-state index contributed by atoms with van der Waals surface area (Å²) in [6.07, 6.45) is 0. The Morgan fingerprint density at radius 1 is 1.27 bits per heavy atom. The van der Waals surface area contributed by atoms with E-state index in [4.69, 9.17) is 10.2 Å². The first-order valence-corrected chi connectivity index (χ1v) is 4.09. The van der Waals surface area contributed by atoms with Crippen molar-refractivity contribution in [1.29, 1.82) is 0 Å². The number of nitrogens with zero attached hydrogens (tertiary/aromatic N) is 1. The van der Waals surface area contributed by atoms with Crippen LogP contribution in [-0.4, -0.2) is 47.5 Å². The summed E-state index contributed by atoms with van der Waals surface area (Å²) in [5, 5.41) is 17.9. The zero-order valence-electron chi connectivity index (χ0n) is 7.25. The highest BCUT2D eigenvalue weighted by atomic mass is 16.3. The number of hydrogen-bond donors (Lipinski definition) is 2. The molecule has 0 saturated carbocycles.